The molecule has 1 aliphatic rings. The summed E-state index contributed by atoms with van der Waals surface area (Å²) in [4.78, 5) is 7.03. The highest BCUT2D eigenvalue weighted by molar-refractivity contribution is 5.83. The molecular weight excluding hydrogens is 314 g/mol. The van der Waals surface area contributed by atoms with Crippen LogP contribution in [0.3, 0.4) is 0 Å². The Hall–Kier alpha value is -2.46. The van der Waals surface area contributed by atoms with Crippen molar-refractivity contribution in [2.24, 2.45) is 0 Å². The van der Waals surface area contributed by atoms with Gasteiger partial charge in [-0.25, -0.2) is 4.98 Å². The molecule has 8 heteroatoms. The number of imidazole rings is 1. The average Bonchev–Trinajstić information content (AvgIpc) is 3.07. The Bertz CT molecular complexity index is 845. The van der Waals surface area contributed by atoms with Gasteiger partial charge in [-0.2, -0.15) is 5.26 Å². The number of nitrogens with one attached hydrogen (secondary N) is 1. The molecule has 124 valence electrons. The monoisotopic (exact) mass is 329 g/mol. The standard InChI is InChI=1S/C16H15N3O5/c17-5-8-3-9(13-10(4-8)18-7-19-13)1-2-11-14(21)16(23)15(22)12(6-20)24-11/h3-4,7,11-12,14-16,20-23H,6H2,(H,18,19)/t11?,12?,14?,15-,16?/m1/s1. The maximum Gasteiger partial charge on any atom is 0.147 e. The van der Waals surface area contributed by atoms with Gasteiger partial charge in [-0.05, 0) is 12.1 Å². The number of aliphatic hydroxyl groups excluding tert-OH is 4. The molecule has 5 atom stereocenters. The van der Waals surface area contributed by atoms with Crippen LogP contribution in [0, 0.1) is 23.2 Å². The predicted octanol–water partition coefficient (Wildman–Crippen LogP) is -1.37. The molecule has 3 rings (SSSR count). The number of aromatic nitrogens is 2. The van der Waals surface area contributed by atoms with Gasteiger partial charge in [-0.15, -0.1) is 0 Å². The average molecular weight is 329 g/mol. The number of aliphatic hydroxyl groups is 4. The van der Waals surface area contributed by atoms with Crippen molar-refractivity contribution in [3.05, 3.63) is 29.6 Å². The van der Waals surface area contributed by atoms with Crippen molar-refractivity contribution in [3.63, 3.8) is 0 Å². The van der Waals surface area contributed by atoms with Gasteiger partial charge in [-0.1, -0.05) is 11.8 Å². The lowest BCUT2D eigenvalue weighted by Gasteiger charge is -2.37. The summed E-state index contributed by atoms with van der Waals surface area (Å²) in [6, 6.07) is 5.22. The number of hydrogen-bond acceptors (Lipinski definition) is 7. The van der Waals surface area contributed by atoms with Gasteiger partial charge in [-0.3, -0.25) is 0 Å². The van der Waals surface area contributed by atoms with E-state index >= 15 is 0 Å². The van der Waals surface area contributed by atoms with Gasteiger partial charge >= 0.3 is 0 Å². The maximum atomic E-state index is 9.98. The Labute approximate surface area is 137 Å². The van der Waals surface area contributed by atoms with Crippen molar-refractivity contribution < 1.29 is 25.2 Å². The van der Waals surface area contributed by atoms with E-state index in [2.05, 4.69) is 21.8 Å². The van der Waals surface area contributed by atoms with Crippen LogP contribution in [0.15, 0.2) is 18.5 Å². The van der Waals surface area contributed by atoms with Crippen LogP contribution in [0.5, 0.6) is 0 Å². The first-order valence-corrected chi connectivity index (χ1v) is 7.24. The van der Waals surface area contributed by atoms with E-state index in [0.29, 0.717) is 22.2 Å². The Morgan fingerprint density at radius 1 is 1.21 bits per heavy atom. The lowest BCUT2D eigenvalue weighted by atomic mass is 9.95. The molecule has 8 nitrogen and oxygen atoms in total. The lowest BCUT2D eigenvalue weighted by Crippen LogP contribution is -2.58. The van der Waals surface area contributed by atoms with Crippen molar-refractivity contribution in [1.29, 1.82) is 5.26 Å². The summed E-state index contributed by atoms with van der Waals surface area (Å²) >= 11 is 0. The zero-order valence-electron chi connectivity index (χ0n) is 12.4. The molecule has 1 aromatic heterocycles. The van der Waals surface area contributed by atoms with Gasteiger partial charge in [0.15, 0.2) is 0 Å². The third-order valence-corrected chi connectivity index (χ3v) is 3.89. The maximum absolute atomic E-state index is 9.98. The van der Waals surface area contributed by atoms with Crippen LogP contribution in [0.1, 0.15) is 11.1 Å². The summed E-state index contributed by atoms with van der Waals surface area (Å²) in [6.45, 7) is -0.517. The molecule has 1 saturated heterocycles. The molecule has 5 N–H and O–H groups in total. The van der Waals surface area contributed by atoms with Gasteiger partial charge in [0.05, 0.1) is 35.6 Å². The van der Waals surface area contributed by atoms with Gasteiger partial charge in [0.1, 0.15) is 36.0 Å². The fourth-order valence-electron chi connectivity index (χ4n) is 2.58. The largest absolute Gasteiger partial charge is 0.394 e. The molecule has 1 aliphatic heterocycles. The van der Waals surface area contributed by atoms with Crippen molar-refractivity contribution >= 4 is 11.0 Å². The van der Waals surface area contributed by atoms with Crippen LogP contribution < -0.4 is 0 Å². The lowest BCUT2D eigenvalue weighted by molar-refractivity contribution is -0.214. The molecule has 4 unspecified atom stereocenters. The molecule has 2 aromatic rings. The molecule has 0 saturated carbocycles. The molecule has 0 radical (unpaired) electrons. The minimum absolute atomic E-state index is 0.393. The quantitative estimate of drug-likeness (QED) is 0.406. The Morgan fingerprint density at radius 3 is 2.71 bits per heavy atom. The van der Waals surface area contributed by atoms with Gasteiger partial charge in [0.25, 0.3) is 0 Å². The summed E-state index contributed by atoms with van der Waals surface area (Å²) in [5, 5.41) is 47.7. The van der Waals surface area contributed by atoms with E-state index in [9.17, 15) is 20.4 Å². The molecule has 0 amide bonds. The zero-order chi connectivity index (χ0) is 17.3. The van der Waals surface area contributed by atoms with Gasteiger partial charge < -0.3 is 30.1 Å². The first-order valence-electron chi connectivity index (χ1n) is 7.24. The minimum atomic E-state index is -1.48. The van der Waals surface area contributed by atoms with Crippen LogP contribution >= 0.6 is 0 Å². The molecule has 2 heterocycles. The molecule has 1 aromatic carbocycles. The van der Waals surface area contributed by atoms with Crippen molar-refractivity contribution in [1.82, 2.24) is 9.97 Å². The van der Waals surface area contributed by atoms with Crippen molar-refractivity contribution in [2.45, 2.75) is 30.5 Å². The third-order valence-electron chi connectivity index (χ3n) is 3.89. The second-order valence-electron chi connectivity index (χ2n) is 5.45. The van der Waals surface area contributed by atoms with E-state index in [1.54, 1.807) is 12.1 Å². The number of nitriles is 1. The van der Waals surface area contributed by atoms with E-state index in [4.69, 9.17) is 10.00 Å². The number of H-pyrrole nitrogens is 1. The number of nitrogens with zero attached hydrogens (tertiary/aromatic N) is 2. The van der Waals surface area contributed by atoms with E-state index in [1.807, 2.05) is 6.07 Å². The number of hydrogen-bond donors (Lipinski definition) is 5. The highest BCUT2D eigenvalue weighted by atomic mass is 16.5. The first-order chi connectivity index (χ1) is 11.5. The first kappa shape index (κ1) is 16.4. The van der Waals surface area contributed by atoms with Crippen LogP contribution in [0.25, 0.3) is 11.0 Å². The van der Waals surface area contributed by atoms with Gasteiger partial charge in [0, 0.05) is 0 Å². The van der Waals surface area contributed by atoms with E-state index in [-0.39, 0.29) is 0 Å². The van der Waals surface area contributed by atoms with E-state index in [0.717, 1.165) is 0 Å². The molecule has 0 bridgehead atoms. The van der Waals surface area contributed by atoms with E-state index in [1.165, 1.54) is 6.33 Å². The predicted molar refractivity (Wildman–Crippen MR) is 81.5 cm³/mol. The SMILES string of the molecule is N#Cc1cc(C#CC2OC(CO)[C@@H](O)C(O)C2O)c2nc[nH]c2c1. The molecule has 1 fully saturated rings. The number of fused-ring (bicyclic) bond motifs is 1. The fraction of sp³-hybridized carbons (Fsp3) is 0.375. The molecular formula is C16H15N3O5. The third kappa shape index (κ3) is 2.85. The molecule has 24 heavy (non-hydrogen) atoms. The Morgan fingerprint density at radius 2 is 2.00 bits per heavy atom. The number of aromatic amines is 1. The smallest absolute Gasteiger partial charge is 0.147 e. The summed E-state index contributed by atoms with van der Waals surface area (Å²) < 4.78 is 5.33. The van der Waals surface area contributed by atoms with Crippen molar-refractivity contribution in [3.8, 4) is 17.9 Å². The van der Waals surface area contributed by atoms with E-state index < -0.39 is 37.1 Å². The molecule has 0 aliphatic carbocycles. The van der Waals surface area contributed by atoms with Crippen molar-refractivity contribution in [2.75, 3.05) is 6.61 Å². The normalized spacial score (nSPS) is 29.7. The highest BCUT2D eigenvalue weighted by Gasteiger charge is 2.42. The van der Waals surface area contributed by atoms with Gasteiger partial charge in [0.2, 0.25) is 0 Å². The summed E-state index contributed by atoms with van der Waals surface area (Å²) in [5.41, 5.74) is 2.06. The Kier molecular flexibility index (Phi) is 4.49. The zero-order valence-corrected chi connectivity index (χ0v) is 12.4. The second kappa shape index (κ2) is 6.57. The summed E-state index contributed by atoms with van der Waals surface area (Å²) in [7, 11) is 0. The van der Waals surface area contributed by atoms with Crippen LogP contribution in [-0.4, -0.2) is 67.5 Å². The number of rotatable bonds is 1. The number of ether oxygens (including phenoxy) is 1. The summed E-state index contributed by atoms with van der Waals surface area (Å²) in [5.74, 6) is 5.45. The van der Waals surface area contributed by atoms with Crippen LogP contribution in [0.4, 0.5) is 0 Å². The number of benzene rings is 1. The summed E-state index contributed by atoms with van der Waals surface area (Å²) in [6.07, 6.45) is -4.97. The minimum Gasteiger partial charge on any atom is -0.394 e. The topological polar surface area (TPSA) is 143 Å². The van der Waals surface area contributed by atoms with Crippen LogP contribution in [0.2, 0.25) is 0 Å². The Balaban J connectivity index is 1.95. The molecule has 0 spiro atoms. The highest BCUT2D eigenvalue weighted by Crippen LogP contribution is 2.21. The fourth-order valence-corrected chi connectivity index (χ4v) is 2.58. The second-order valence-corrected chi connectivity index (χ2v) is 5.45. The van der Waals surface area contributed by atoms with Crippen LogP contribution in [-0.2, 0) is 4.74 Å².